The Labute approximate surface area is 148 Å². The fourth-order valence-electron chi connectivity index (χ4n) is 2.32. The molecule has 0 amide bonds. The third kappa shape index (κ3) is 6.99. The summed E-state index contributed by atoms with van der Waals surface area (Å²) in [5.74, 6) is 1.60. The average molecular weight is 345 g/mol. The maximum atomic E-state index is 9.38. The molecule has 0 aliphatic heterocycles. The number of aliphatic hydroxyl groups is 1. The van der Waals surface area contributed by atoms with Crippen LogP contribution < -0.4 is 10.6 Å². The fraction of sp³-hybridized carbons (Fsp3) is 0.421. The van der Waals surface area contributed by atoms with Crippen LogP contribution in [0.1, 0.15) is 30.2 Å². The highest BCUT2D eigenvalue weighted by molar-refractivity contribution is 5.79. The first-order valence-corrected chi connectivity index (χ1v) is 8.63. The zero-order chi connectivity index (χ0) is 17.7. The lowest BCUT2D eigenvalue weighted by Gasteiger charge is -2.12. The highest BCUT2D eigenvalue weighted by atomic mass is 16.5. The molecule has 0 saturated heterocycles. The predicted molar refractivity (Wildman–Crippen MR) is 98.2 cm³/mol. The van der Waals surface area contributed by atoms with Crippen molar-refractivity contribution in [3.63, 3.8) is 0 Å². The van der Waals surface area contributed by atoms with Crippen LogP contribution in [-0.2, 0) is 24.5 Å². The van der Waals surface area contributed by atoms with Crippen LogP contribution in [0.15, 0.2) is 52.1 Å². The van der Waals surface area contributed by atoms with E-state index in [4.69, 9.17) is 9.15 Å². The largest absolute Gasteiger partial charge is 0.467 e. The van der Waals surface area contributed by atoms with Crippen LogP contribution in [0.5, 0.6) is 0 Å². The highest BCUT2D eigenvalue weighted by Crippen LogP contribution is 2.09. The minimum absolute atomic E-state index is 0.0304. The van der Waals surface area contributed by atoms with E-state index in [2.05, 4.69) is 15.6 Å². The topological polar surface area (TPSA) is 79.0 Å². The number of aliphatic imine (C=N–C) groups is 1. The van der Waals surface area contributed by atoms with E-state index >= 15 is 0 Å². The highest BCUT2D eigenvalue weighted by Gasteiger charge is 2.02. The molecule has 1 aromatic heterocycles. The Morgan fingerprint density at radius 3 is 2.72 bits per heavy atom. The second kappa shape index (κ2) is 11.3. The summed E-state index contributed by atoms with van der Waals surface area (Å²) in [6.07, 6.45) is 2.52. The van der Waals surface area contributed by atoms with Gasteiger partial charge in [0.1, 0.15) is 12.4 Å². The molecule has 0 aliphatic carbocycles. The molecule has 3 N–H and O–H groups in total. The molecule has 2 rings (SSSR count). The van der Waals surface area contributed by atoms with E-state index in [9.17, 15) is 5.11 Å². The third-order valence-electron chi connectivity index (χ3n) is 3.62. The van der Waals surface area contributed by atoms with E-state index in [1.54, 1.807) is 6.26 Å². The van der Waals surface area contributed by atoms with Crippen molar-refractivity contribution in [1.82, 2.24) is 10.6 Å². The van der Waals surface area contributed by atoms with Crippen molar-refractivity contribution in [2.75, 3.05) is 19.7 Å². The molecule has 0 aliphatic rings. The van der Waals surface area contributed by atoms with Crippen molar-refractivity contribution in [2.24, 2.45) is 4.99 Å². The zero-order valence-electron chi connectivity index (χ0n) is 14.7. The normalized spacial score (nSPS) is 11.5. The van der Waals surface area contributed by atoms with Crippen LogP contribution in [0, 0.1) is 0 Å². The van der Waals surface area contributed by atoms with Gasteiger partial charge in [0.05, 0.1) is 19.4 Å². The van der Waals surface area contributed by atoms with Gasteiger partial charge in [-0.25, -0.2) is 4.99 Å². The number of rotatable bonds is 10. The minimum atomic E-state index is 0.0304. The molecule has 6 nitrogen and oxygen atoms in total. The molecular formula is C19H27N3O3. The van der Waals surface area contributed by atoms with Gasteiger partial charge in [-0.15, -0.1) is 0 Å². The number of ether oxygens (including phenoxy) is 1. The minimum Gasteiger partial charge on any atom is -0.467 e. The summed E-state index contributed by atoms with van der Waals surface area (Å²) in [4.78, 5) is 4.58. The first kappa shape index (κ1) is 19.0. The number of furan rings is 1. The van der Waals surface area contributed by atoms with Crippen molar-refractivity contribution < 1.29 is 14.3 Å². The lowest BCUT2D eigenvalue weighted by molar-refractivity contribution is 0.105. The number of benzene rings is 1. The molecule has 2 aromatic rings. The SMILES string of the molecule is CCNC(=NCc1ccccc1CO)NCCCOCc1ccco1. The molecular weight excluding hydrogens is 318 g/mol. The molecule has 6 heteroatoms. The number of nitrogens with zero attached hydrogens (tertiary/aromatic N) is 1. The van der Waals surface area contributed by atoms with Gasteiger partial charge in [0.25, 0.3) is 0 Å². The summed E-state index contributed by atoms with van der Waals surface area (Å²) >= 11 is 0. The van der Waals surface area contributed by atoms with Gasteiger partial charge in [0.2, 0.25) is 0 Å². The Morgan fingerprint density at radius 1 is 1.16 bits per heavy atom. The summed E-state index contributed by atoms with van der Waals surface area (Å²) in [5.41, 5.74) is 1.94. The molecule has 0 bridgehead atoms. The molecule has 0 radical (unpaired) electrons. The first-order chi connectivity index (χ1) is 12.3. The molecule has 136 valence electrons. The lowest BCUT2D eigenvalue weighted by atomic mass is 10.1. The van der Waals surface area contributed by atoms with E-state index in [0.29, 0.717) is 19.8 Å². The van der Waals surface area contributed by atoms with Crippen molar-refractivity contribution in [3.05, 3.63) is 59.5 Å². The van der Waals surface area contributed by atoms with Gasteiger partial charge in [-0.2, -0.15) is 0 Å². The molecule has 25 heavy (non-hydrogen) atoms. The Morgan fingerprint density at radius 2 is 2.00 bits per heavy atom. The molecule has 0 spiro atoms. The Bertz CT molecular complexity index is 627. The number of aliphatic hydroxyl groups excluding tert-OH is 1. The number of hydrogen-bond donors (Lipinski definition) is 3. The van der Waals surface area contributed by atoms with E-state index in [0.717, 1.165) is 42.4 Å². The van der Waals surface area contributed by atoms with Crippen LogP contribution in [-0.4, -0.2) is 30.8 Å². The summed E-state index contributed by atoms with van der Waals surface area (Å²) in [6.45, 7) is 5.31. The van der Waals surface area contributed by atoms with Crippen LogP contribution in [0.3, 0.4) is 0 Å². The molecule has 0 saturated carbocycles. The zero-order valence-corrected chi connectivity index (χ0v) is 14.7. The van der Waals surface area contributed by atoms with E-state index in [1.807, 2.05) is 43.3 Å². The van der Waals surface area contributed by atoms with Crippen LogP contribution in [0.2, 0.25) is 0 Å². The molecule has 0 unspecified atom stereocenters. The number of nitrogens with one attached hydrogen (secondary N) is 2. The van der Waals surface area contributed by atoms with Crippen molar-refractivity contribution in [3.8, 4) is 0 Å². The van der Waals surface area contributed by atoms with Crippen molar-refractivity contribution in [1.29, 1.82) is 0 Å². The summed E-state index contributed by atoms with van der Waals surface area (Å²) < 4.78 is 10.8. The third-order valence-corrected chi connectivity index (χ3v) is 3.62. The second-order valence-corrected chi connectivity index (χ2v) is 5.53. The fourth-order valence-corrected chi connectivity index (χ4v) is 2.32. The Kier molecular flexibility index (Phi) is 8.58. The summed E-state index contributed by atoms with van der Waals surface area (Å²) in [5, 5.41) is 15.9. The van der Waals surface area contributed by atoms with Crippen molar-refractivity contribution >= 4 is 5.96 Å². The van der Waals surface area contributed by atoms with Gasteiger partial charge in [-0.1, -0.05) is 24.3 Å². The smallest absolute Gasteiger partial charge is 0.191 e. The molecule has 1 heterocycles. The van der Waals surface area contributed by atoms with Crippen LogP contribution in [0.25, 0.3) is 0 Å². The van der Waals surface area contributed by atoms with Crippen LogP contribution >= 0.6 is 0 Å². The van der Waals surface area contributed by atoms with Gasteiger partial charge in [0, 0.05) is 19.7 Å². The number of guanidine groups is 1. The van der Waals surface area contributed by atoms with E-state index in [1.165, 1.54) is 0 Å². The second-order valence-electron chi connectivity index (χ2n) is 5.53. The van der Waals surface area contributed by atoms with Gasteiger partial charge in [0.15, 0.2) is 5.96 Å². The van der Waals surface area contributed by atoms with Gasteiger partial charge >= 0.3 is 0 Å². The van der Waals surface area contributed by atoms with Gasteiger partial charge < -0.3 is 24.9 Å². The number of hydrogen-bond acceptors (Lipinski definition) is 4. The maximum Gasteiger partial charge on any atom is 0.191 e. The molecule has 0 atom stereocenters. The van der Waals surface area contributed by atoms with E-state index in [-0.39, 0.29) is 6.61 Å². The summed E-state index contributed by atoms with van der Waals surface area (Å²) in [6, 6.07) is 11.5. The lowest BCUT2D eigenvalue weighted by Crippen LogP contribution is -2.38. The van der Waals surface area contributed by atoms with Gasteiger partial charge in [-0.05, 0) is 36.6 Å². The molecule has 0 fully saturated rings. The maximum absolute atomic E-state index is 9.38. The summed E-state index contributed by atoms with van der Waals surface area (Å²) in [7, 11) is 0. The predicted octanol–water partition coefficient (Wildman–Crippen LogP) is 2.43. The Hall–Kier alpha value is -2.31. The average Bonchev–Trinajstić information content (AvgIpc) is 3.16. The monoisotopic (exact) mass is 345 g/mol. The Balaban J connectivity index is 1.72. The van der Waals surface area contributed by atoms with Crippen molar-refractivity contribution in [2.45, 2.75) is 33.1 Å². The molecule has 1 aromatic carbocycles. The van der Waals surface area contributed by atoms with E-state index < -0.39 is 0 Å². The first-order valence-electron chi connectivity index (χ1n) is 8.63. The quantitative estimate of drug-likeness (QED) is 0.350. The standard InChI is InChI=1S/C19H27N3O3/c1-2-20-19(22-13-16-7-3-4-8-17(16)14-23)21-10-6-11-24-15-18-9-5-12-25-18/h3-5,7-9,12,23H,2,6,10-11,13-15H2,1H3,(H2,20,21,22). The van der Waals surface area contributed by atoms with Gasteiger partial charge in [-0.3, -0.25) is 0 Å². The van der Waals surface area contributed by atoms with Crippen LogP contribution in [0.4, 0.5) is 0 Å².